The maximum Gasteiger partial charge on any atom is 0.130 e. The summed E-state index contributed by atoms with van der Waals surface area (Å²) < 4.78 is 0. The SMILES string of the molecule is CNc1cccc(N(C)C(C)C2CC2)n1. The van der Waals surface area contributed by atoms with E-state index >= 15 is 0 Å². The number of nitrogens with zero attached hydrogens (tertiary/aromatic N) is 2. The molecule has 1 saturated carbocycles. The molecule has 2 rings (SSSR count). The zero-order valence-corrected chi connectivity index (χ0v) is 9.70. The fourth-order valence-electron chi connectivity index (χ4n) is 1.86. The van der Waals surface area contributed by atoms with Gasteiger partial charge in [-0.1, -0.05) is 6.07 Å². The number of aromatic nitrogens is 1. The molecule has 1 unspecified atom stereocenters. The van der Waals surface area contributed by atoms with Crippen LogP contribution in [0.15, 0.2) is 18.2 Å². The van der Waals surface area contributed by atoms with E-state index in [0.717, 1.165) is 17.6 Å². The molecule has 1 atom stereocenters. The summed E-state index contributed by atoms with van der Waals surface area (Å²) in [6.07, 6.45) is 2.74. The van der Waals surface area contributed by atoms with Gasteiger partial charge < -0.3 is 10.2 Å². The molecule has 1 aliphatic rings. The summed E-state index contributed by atoms with van der Waals surface area (Å²) in [4.78, 5) is 6.81. The summed E-state index contributed by atoms with van der Waals surface area (Å²) in [5.74, 6) is 2.86. The third kappa shape index (κ3) is 2.22. The van der Waals surface area contributed by atoms with Gasteiger partial charge in [0, 0.05) is 20.1 Å². The van der Waals surface area contributed by atoms with Crippen molar-refractivity contribution in [3.63, 3.8) is 0 Å². The summed E-state index contributed by atoms with van der Waals surface area (Å²) in [7, 11) is 4.03. The molecule has 0 radical (unpaired) electrons. The summed E-state index contributed by atoms with van der Waals surface area (Å²) in [6, 6.07) is 6.70. The Balaban J connectivity index is 2.12. The highest BCUT2D eigenvalue weighted by Crippen LogP contribution is 2.35. The first-order valence-corrected chi connectivity index (χ1v) is 5.60. The van der Waals surface area contributed by atoms with E-state index in [1.807, 2.05) is 19.2 Å². The van der Waals surface area contributed by atoms with Crippen molar-refractivity contribution in [2.45, 2.75) is 25.8 Å². The van der Waals surface area contributed by atoms with Crippen LogP contribution in [0.4, 0.5) is 11.6 Å². The van der Waals surface area contributed by atoms with Gasteiger partial charge in [-0.05, 0) is 37.8 Å². The van der Waals surface area contributed by atoms with Gasteiger partial charge in [-0.3, -0.25) is 0 Å². The van der Waals surface area contributed by atoms with Crippen LogP contribution in [0.5, 0.6) is 0 Å². The van der Waals surface area contributed by atoms with Crippen molar-refractivity contribution < 1.29 is 0 Å². The monoisotopic (exact) mass is 205 g/mol. The molecule has 0 spiro atoms. The fourth-order valence-corrected chi connectivity index (χ4v) is 1.86. The molecule has 1 aromatic heterocycles. The van der Waals surface area contributed by atoms with Gasteiger partial charge in [-0.15, -0.1) is 0 Å². The van der Waals surface area contributed by atoms with Gasteiger partial charge in [0.2, 0.25) is 0 Å². The Labute approximate surface area is 91.5 Å². The van der Waals surface area contributed by atoms with Crippen molar-refractivity contribution in [1.29, 1.82) is 0 Å². The Morgan fingerprint density at radius 3 is 2.80 bits per heavy atom. The Morgan fingerprint density at radius 1 is 1.47 bits per heavy atom. The van der Waals surface area contributed by atoms with Crippen molar-refractivity contribution in [2.24, 2.45) is 5.92 Å². The van der Waals surface area contributed by atoms with Crippen LogP contribution in [-0.2, 0) is 0 Å². The topological polar surface area (TPSA) is 28.2 Å². The van der Waals surface area contributed by atoms with Crippen LogP contribution in [-0.4, -0.2) is 25.1 Å². The van der Waals surface area contributed by atoms with Gasteiger partial charge in [-0.2, -0.15) is 0 Å². The van der Waals surface area contributed by atoms with Gasteiger partial charge in [0.1, 0.15) is 11.6 Å². The molecule has 3 nitrogen and oxygen atoms in total. The van der Waals surface area contributed by atoms with E-state index in [-0.39, 0.29) is 0 Å². The van der Waals surface area contributed by atoms with Crippen LogP contribution in [0.2, 0.25) is 0 Å². The van der Waals surface area contributed by atoms with Crippen molar-refractivity contribution in [3.05, 3.63) is 18.2 Å². The normalized spacial score (nSPS) is 17.3. The molecular formula is C12H19N3. The second-order valence-corrected chi connectivity index (χ2v) is 4.32. The smallest absolute Gasteiger partial charge is 0.130 e. The Hall–Kier alpha value is -1.25. The molecule has 1 aliphatic carbocycles. The summed E-state index contributed by atoms with van der Waals surface area (Å²) in [6.45, 7) is 2.28. The molecule has 15 heavy (non-hydrogen) atoms. The minimum Gasteiger partial charge on any atom is -0.373 e. The maximum atomic E-state index is 4.54. The molecule has 0 bridgehead atoms. The molecular weight excluding hydrogens is 186 g/mol. The molecule has 0 amide bonds. The zero-order chi connectivity index (χ0) is 10.8. The van der Waals surface area contributed by atoms with Crippen LogP contribution in [0.25, 0.3) is 0 Å². The van der Waals surface area contributed by atoms with Crippen LogP contribution in [0, 0.1) is 5.92 Å². The number of hydrogen-bond acceptors (Lipinski definition) is 3. The largest absolute Gasteiger partial charge is 0.373 e. The van der Waals surface area contributed by atoms with Gasteiger partial charge in [-0.25, -0.2) is 4.98 Å². The Morgan fingerprint density at radius 2 is 2.20 bits per heavy atom. The Bertz CT molecular complexity index is 333. The average Bonchev–Trinajstić information content (AvgIpc) is 3.11. The van der Waals surface area contributed by atoms with Gasteiger partial charge in [0.15, 0.2) is 0 Å². The third-order valence-electron chi connectivity index (χ3n) is 3.27. The molecule has 1 N–H and O–H groups in total. The molecule has 1 heterocycles. The van der Waals surface area contributed by atoms with E-state index in [1.165, 1.54) is 12.8 Å². The summed E-state index contributed by atoms with van der Waals surface area (Å²) in [5.41, 5.74) is 0. The standard InChI is InChI=1S/C12H19N3/c1-9(10-7-8-10)15(3)12-6-4-5-11(13-2)14-12/h4-6,9-10H,7-8H2,1-3H3,(H,13,14). The second kappa shape index (κ2) is 4.09. The van der Waals surface area contributed by atoms with E-state index < -0.39 is 0 Å². The second-order valence-electron chi connectivity index (χ2n) is 4.32. The highest BCUT2D eigenvalue weighted by Gasteiger charge is 2.30. The number of nitrogens with one attached hydrogen (secondary N) is 1. The molecule has 1 aromatic rings. The predicted octanol–water partition coefficient (Wildman–Crippen LogP) is 2.36. The van der Waals surface area contributed by atoms with E-state index in [4.69, 9.17) is 0 Å². The summed E-state index contributed by atoms with van der Waals surface area (Å²) >= 11 is 0. The van der Waals surface area contributed by atoms with Gasteiger partial charge in [0.05, 0.1) is 0 Å². The molecule has 0 aliphatic heterocycles. The molecule has 82 valence electrons. The highest BCUT2D eigenvalue weighted by molar-refractivity contribution is 5.47. The van der Waals surface area contributed by atoms with E-state index in [0.29, 0.717) is 6.04 Å². The molecule has 0 aromatic carbocycles. The van der Waals surface area contributed by atoms with E-state index in [2.05, 4.69) is 35.2 Å². The quantitative estimate of drug-likeness (QED) is 0.818. The lowest BCUT2D eigenvalue weighted by Gasteiger charge is -2.26. The number of anilines is 2. The minimum atomic E-state index is 0.601. The zero-order valence-electron chi connectivity index (χ0n) is 9.70. The Kier molecular flexibility index (Phi) is 2.80. The van der Waals surface area contributed by atoms with Crippen molar-refractivity contribution in [3.8, 4) is 0 Å². The molecule has 0 saturated heterocycles. The first kappa shape index (κ1) is 10.3. The number of hydrogen-bond donors (Lipinski definition) is 1. The minimum absolute atomic E-state index is 0.601. The maximum absolute atomic E-state index is 4.54. The number of pyridine rings is 1. The van der Waals surface area contributed by atoms with E-state index in [1.54, 1.807) is 0 Å². The van der Waals surface area contributed by atoms with Crippen LogP contribution >= 0.6 is 0 Å². The first-order chi connectivity index (χ1) is 7.22. The lowest BCUT2D eigenvalue weighted by atomic mass is 10.2. The van der Waals surface area contributed by atoms with Gasteiger partial charge >= 0.3 is 0 Å². The van der Waals surface area contributed by atoms with Crippen LogP contribution in [0.3, 0.4) is 0 Å². The van der Waals surface area contributed by atoms with Crippen LogP contribution < -0.4 is 10.2 Å². The average molecular weight is 205 g/mol. The lowest BCUT2D eigenvalue weighted by Crippen LogP contribution is -2.31. The number of rotatable bonds is 4. The predicted molar refractivity (Wildman–Crippen MR) is 64.4 cm³/mol. The van der Waals surface area contributed by atoms with Crippen molar-refractivity contribution in [2.75, 3.05) is 24.3 Å². The first-order valence-electron chi connectivity index (χ1n) is 5.60. The highest BCUT2D eigenvalue weighted by atomic mass is 15.2. The molecule has 1 fully saturated rings. The van der Waals surface area contributed by atoms with Gasteiger partial charge in [0.25, 0.3) is 0 Å². The van der Waals surface area contributed by atoms with E-state index in [9.17, 15) is 0 Å². The van der Waals surface area contributed by atoms with Crippen molar-refractivity contribution in [1.82, 2.24) is 4.98 Å². The fraction of sp³-hybridized carbons (Fsp3) is 0.583. The lowest BCUT2D eigenvalue weighted by molar-refractivity contribution is 0.604. The van der Waals surface area contributed by atoms with Crippen molar-refractivity contribution >= 4 is 11.6 Å². The summed E-state index contributed by atoms with van der Waals surface area (Å²) in [5, 5.41) is 3.07. The molecule has 3 heteroatoms. The van der Waals surface area contributed by atoms with Crippen LogP contribution in [0.1, 0.15) is 19.8 Å². The third-order valence-corrected chi connectivity index (χ3v) is 3.27.